The lowest BCUT2D eigenvalue weighted by molar-refractivity contribution is 0.156. The molecule has 0 bridgehead atoms. The molecule has 0 amide bonds. The van der Waals surface area contributed by atoms with Crippen molar-refractivity contribution < 1.29 is 4.74 Å². The van der Waals surface area contributed by atoms with Crippen LogP contribution in [0.1, 0.15) is 34.4 Å². The Morgan fingerprint density at radius 1 is 1.08 bits per heavy atom. The molecule has 1 atom stereocenters. The third-order valence-electron chi connectivity index (χ3n) is 5.35. The molecule has 0 spiro atoms. The summed E-state index contributed by atoms with van der Waals surface area (Å²) in [6.45, 7) is 3.63. The number of hydrogen-bond donors (Lipinski definition) is 0. The van der Waals surface area contributed by atoms with Crippen LogP contribution in [0.25, 0.3) is 0 Å². The largest absolute Gasteiger partial charge is 0.497 e. The minimum absolute atomic E-state index is 0.328. The number of hydrogen-bond acceptors (Lipinski definition) is 4. The highest BCUT2D eigenvalue weighted by Gasteiger charge is 2.28. The van der Waals surface area contributed by atoms with Crippen LogP contribution in [-0.4, -0.2) is 26.8 Å². The molecule has 1 aliphatic heterocycles. The molecule has 1 aromatic heterocycles. The molecule has 0 fully saturated rings. The molecule has 3 aromatic rings. The molecule has 1 aliphatic rings. The maximum atomic E-state index is 5.42. The zero-order valence-corrected chi connectivity index (χ0v) is 15.5. The van der Waals surface area contributed by atoms with Crippen LogP contribution in [0.2, 0.25) is 0 Å². The van der Waals surface area contributed by atoms with E-state index in [1.807, 2.05) is 14.0 Å². The summed E-state index contributed by atoms with van der Waals surface area (Å²) in [5.74, 6) is 2.85. The summed E-state index contributed by atoms with van der Waals surface area (Å²) in [5, 5.41) is 8.59. The van der Waals surface area contributed by atoms with Gasteiger partial charge in [0.05, 0.1) is 13.7 Å². The highest BCUT2D eigenvalue weighted by Crippen LogP contribution is 2.35. The van der Waals surface area contributed by atoms with Crippen LogP contribution in [0.4, 0.5) is 0 Å². The van der Waals surface area contributed by atoms with Crippen molar-refractivity contribution in [3.8, 4) is 5.75 Å². The van der Waals surface area contributed by atoms with Crippen molar-refractivity contribution in [3.63, 3.8) is 0 Å². The second-order valence-electron chi connectivity index (χ2n) is 6.89. The van der Waals surface area contributed by atoms with Crippen LogP contribution < -0.4 is 4.74 Å². The predicted octanol–water partition coefficient (Wildman–Crippen LogP) is 3.43. The van der Waals surface area contributed by atoms with Crippen LogP contribution >= 0.6 is 0 Å². The topological polar surface area (TPSA) is 43.2 Å². The summed E-state index contributed by atoms with van der Waals surface area (Å²) < 4.78 is 7.50. The monoisotopic (exact) mass is 348 g/mol. The molecule has 0 aliphatic carbocycles. The minimum Gasteiger partial charge on any atom is -0.497 e. The SMILES string of the molecule is COc1ccc2c(c1)CN(Cc1nnc(C)n1C)[C@@H](c1ccccc1)C2. The van der Waals surface area contributed by atoms with Crippen molar-refractivity contribution >= 4 is 0 Å². The van der Waals surface area contributed by atoms with E-state index in [4.69, 9.17) is 4.74 Å². The first-order valence-corrected chi connectivity index (χ1v) is 8.95. The van der Waals surface area contributed by atoms with Crippen molar-refractivity contribution in [3.05, 3.63) is 76.9 Å². The highest BCUT2D eigenvalue weighted by atomic mass is 16.5. The Hall–Kier alpha value is -2.66. The van der Waals surface area contributed by atoms with Gasteiger partial charge in [0.25, 0.3) is 0 Å². The zero-order chi connectivity index (χ0) is 18.1. The Morgan fingerprint density at radius 3 is 2.58 bits per heavy atom. The number of aromatic nitrogens is 3. The van der Waals surface area contributed by atoms with Crippen LogP contribution in [0, 0.1) is 6.92 Å². The van der Waals surface area contributed by atoms with E-state index in [-0.39, 0.29) is 0 Å². The van der Waals surface area contributed by atoms with Gasteiger partial charge in [-0.15, -0.1) is 10.2 Å². The Morgan fingerprint density at radius 2 is 1.88 bits per heavy atom. The smallest absolute Gasteiger partial charge is 0.146 e. The standard InChI is InChI=1S/C21H24N4O/c1-15-22-23-21(24(15)2)14-25-13-18-11-19(26-3)10-9-17(18)12-20(25)16-7-5-4-6-8-16/h4-11,20H,12-14H2,1-3H3/t20-/m1/s1. The van der Waals surface area contributed by atoms with Gasteiger partial charge in [-0.1, -0.05) is 36.4 Å². The van der Waals surface area contributed by atoms with Gasteiger partial charge in [-0.2, -0.15) is 0 Å². The van der Waals surface area contributed by atoms with E-state index in [0.29, 0.717) is 6.04 Å². The molecule has 0 N–H and O–H groups in total. The molecule has 5 nitrogen and oxygen atoms in total. The molecule has 2 heterocycles. The Kier molecular flexibility index (Phi) is 4.47. The van der Waals surface area contributed by atoms with E-state index in [9.17, 15) is 0 Å². The first-order chi connectivity index (χ1) is 12.7. The molecule has 134 valence electrons. The van der Waals surface area contributed by atoms with Gasteiger partial charge < -0.3 is 9.30 Å². The normalized spacial score (nSPS) is 17.1. The first-order valence-electron chi connectivity index (χ1n) is 8.95. The summed E-state index contributed by atoms with van der Waals surface area (Å²) in [6.07, 6.45) is 0.986. The second-order valence-corrected chi connectivity index (χ2v) is 6.89. The summed E-state index contributed by atoms with van der Waals surface area (Å²) >= 11 is 0. The fraction of sp³-hybridized carbons (Fsp3) is 0.333. The molecule has 0 radical (unpaired) electrons. The predicted molar refractivity (Wildman–Crippen MR) is 101 cm³/mol. The van der Waals surface area contributed by atoms with E-state index in [0.717, 1.165) is 36.9 Å². The minimum atomic E-state index is 0.328. The number of methoxy groups -OCH3 is 1. The van der Waals surface area contributed by atoms with Gasteiger partial charge in [-0.25, -0.2) is 0 Å². The Balaban J connectivity index is 1.70. The van der Waals surface area contributed by atoms with Crippen molar-refractivity contribution in [1.82, 2.24) is 19.7 Å². The maximum absolute atomic E-state index is 5.42. The number of nitrogens with zero attached hydrogens (tertiary/aromatic N) is 4. The van der Waals surface area contributed by atoms with E-state index in [2.05, 4.69) is 68.2 Å². The molecular formula is C21H24N4O. The third kappa shape index (κ3) is 3.10. The van der Waals surface area contributed by atoms with Crippen molar-refractivity contribution in [2.24, 2.45) is 7.05 Å². The van der Waals surface area contributed by atoms with Gasteiger partial charge in [-0.3, -0.25) is 4.90 Å². The Bertz CT molecular complexity index is 904. The van der Waals surface area contributed by atoms with Gasteiger partial charge in [0.2, 0.25) is 0 Å². The van der Waals surface area contributed by atoms with Crippen LogP contribution in [-0.2, 0) is 26.6 Å². The van der Waals surface area contributed by atoms with Crippen LogP contribution in [0.5, 0.6) is 5.75 Å². The van der Waals surface area contributed by atoms with Crippen molar-refractivity contribution in [2.75, 3.05) is 7.11 Å². The number of benzene rings is 2. The van der Waals surface area contributed by atoms with Gasteiger partial charge >= 0.3 is 0 Å². The Labute approximate surface area is 154 Å². The molecule has 0 saturated heterocycles. The number of fused-ring (bicyclic) bond motifs is 1. The van der Waals surface area contributed by atoms with Gasteiger partial charge in [0.15, 0.2) is 0 Å². The van der Waals surface area contributed by atoms with Gasteiger partial charge in [0.1, 0.15) is 17.4 Å². The molecule has 0 unspecified atom stereocenters. The molecule has 5 heteroatoms. The summed E-state index contributed by atoms with van der Waals surface area (Å²) in [5.41, 5.74) is 4.06. The summed E-state index contributed by atoms with van der Waals surface area (Å²) in [6, 6.07) is 17.5. The lowest BCUT2D eigenvalue weighted by Crippen LogP contribution is -2.34. The van der Waals surface area contributed by atoms with Gasteiger partial charge in [0, 0.05) is 19.6 Å². The average Bonchev–Trinajstić information content (AvgIpc) is 3.00. The lowest BCUT2D eigenvalue weighted by Gasteiger charge is -2.37. The number of ether oxygens (including phenoxy) is 1. The summed E-state index contributed by atoms with van der Waals surface area (Å²) in [4.78, 5) is 2.49. The number of aryl methyl sites for hydroxylation is 1. The van der Waals surface area contributed by atoms with E-state index in [1.165, 1.54) is 16.7 Å². The molecule has 0 saturated carbocycles. The van der Waals surface area contributed by atoms with E-state index in [1.54, 1.807) is 7.11 Å². The maximum Gasteiger partial charge on any atom is 0.146 e. The second kappa shape index (κ2) is 6.92. The third-order valence-corrected chi connectivity index (χ3v) is 5.35. The number of rotatable bonds is 4. The quantitative estimate of drug-likeness (QED) is 0.724. The zero-order valence-electron chi connectivity index (χ0n) is 15.5. The molecular weight excluding hydrogens is 324 g/mol. The van der Waals surface area contributed by atoms with Gasteiger partial charge in [-0.05, 0) is 42.2 Å². The lowest BCUT2D eigenvalue weighted by atomic mass is 9.89. The first kappa shape index (κ1) is 16.8. The molecule has 26 heavy (non-hydrogen) atoms. The van der Waals surface area contributed by atoms with Crippen molar-refractivity contribution in [1.29, 1.82) is 0 Å². The van der Waals surface area contributed by atoms with E-state index >= 15 is 0 Å². The fourth-order valence-corrected chi connectivity index (χ4v) is 3.68. The molecule has 4 rings (SSSR count). The van der Waals surface area contributed by atoms with Crippen LogP contribution in [0.15, 0.2) is 48.5 Å². The van der Waals surface area contributed by atoms with E-state index < -0.39 is 0 Å². The summed E-state index contributed by atoms with van der Waals surface area (Å²) in [7, 11) is 3.75. The van der Waals surface area contributed by atoms with Crippen molar-refractivity contribution in [2.45, 2.75) is 32.5 Å². The fourth-order valence-electron chi connectivity index (χ4n) is 3.68. The molecule has 2 aromatic carbocycles. The average molecular weight is 348 g/mol. The van der Waals surface area contributed by atoms with Crippen LogP contribution in [0.3, 0.4) is 0 Å². The highest BCUT2D eigenvalue weighted by molar-refractivity contribution is 5.39.